The Morgan fingerprint density at radius 3 is 2.80 bits per heavy atom. The Morgan fingerprint density at radius 2 is 2.20 bits per heavy atom. The summed E-state index contributed by atoms with van der Waals surface area (Å²) >= 11 is 0. The number of aliphatic imine (C=N–C) groups is 1. The van der Waals surface area contributed by atoms with Crippen molar-refractivity contribution in [1.29, 1.82) is 5.26 Å². The van der Waals surface area contributed by atoms with Crippen molar-refractivity contribution < 1.29 is 0 Å². The minimum absolute atomic E-state index is 0.417. The lowest BCUT2D eigenvalue weighted by Crippen LogP contribution is -2.34. The molecule has 1 aromatic carbocycles. The number of anilines is 1. The summed E-state index contributed by atoms with van der Waals surface area (Å²) in [5.74, 6) is 0.417. The zero-order valence-electron chi connectivity index (χ0n) is 8.94. The molecule has 4 nitrogen and oxygen atoms in total. The lowest BCUT2D eigenvalue weighted by atomic mass is 10.2. The van der Waals surface area contributed by atoms with Gasteiger partial charge in [-0.1, -0.05) is 12.1 Å². The molecular weight excluding hydrogens is 188 g/mol. The highest BCUT2D eigenvalue weighted by Gasteiger charge is 2.08. The van der Waals surface area contributed by atoms with E-state index < -0.39 is 0 Å². The fraction of sp³-hybridized carbons (Fsp3) is 0.273. The zero-order chi connectivity index (χ0) is 11.3. The van der Waals surface area contributed by atoms with Crippen molar-refractivity contribution in [3.8, 4) is 6.07 Å². The van der Waals surface area contributed by atoms with Crippen LogP contribution >= 0.6 is 0 Å². The molecule has 0 aromatic heterocycles. The van der Waals surface area contributed by atoms with Gasteiger partial charge in [-0.3, -0.25) is 4.99 Å². The summed E-state index contributed by atoms with van der Waals surface area (Å²) in [5, 5.41) is 8.92. The average molecular weight is 202 g/mol. The number of nitriles is 1. The summed E-state index contributed by atoms with van der Waals surface area (Å²) in [6.07, 6.45) is 0. The second-order valence-corrected chi connectivity index (χ2v) is 3.02. The lowest BCUT2D eigenvalue weighted by molar-refractivity contribution is 1.08. The van der Waals surface area contributed by atoms with Gasteiger partial charge in [-0.15, -0.1) is 0 Å². The molecule has 0 unspecified atom stereocenters. The summed E-state index contributed by atoms with van der Waals surface area (Å²) in [6, 6.07) is 9.41. The average Bonchev–Trinajstić information content (AvgIpc) is 2.28. The minimum atomic E-state index is 0.417. The zero-order valence-corrected chi connectivity index (χ0v) is 8.94. The second kappa shape index (κ2) is 5.01. The number of rotatable bonds is 2. The van der Waals surface area contributed by atoms with Crippen LogP contribution in [-0.2, 0) is 0 Å². The Bertz CT molecular complexity index is 403. The van der Waals surface area contributed by atoms with Gasteiger partial charge in [-0.25, -0.2) is 0 Å². The summed E-state index contributed by atoms with van der Waals surface area (Å²) in [5.41, 5.74) is 7.11. The summed E-state index contributed by atoms with van der Waals surface area (Å²) in [4.78, 5) is 5.80. The molecule has 0 aliphatic carbocycles. The molecule has 78 valence electrons. The van der Waals surface area contributed by atoms with Crippen molar-refractivity contribution >= 4 is 11.6 Å². The standard InChI is InChI=1S/C11H14N4/c1-3-14-11(13)15(2)10-7-5-4-6-9(10)8-12/h4-7H,3H2,1-2H3,(H2,13,14). The monoisotopic (exact) mass is 202 g/mol. The third-order valence-electron chi connectivity index (χ3n) is 2.05. The van der Waals surface area contributed by atoms with E-state index in [-0.39, 0.29) is 0 Å². The van der Waals surface area contributed by atoms with E-state index in [2.05, 4.69) is 11.1 Å². The van der Waals surface area contributed by atoms with Gasteiger partial charge >= 0.3 is 0 Å². The topological polar surface area (TPSA) is 65.4 Å². The van der Waals surface area contributed by atoms with Gasteiger partial charge in [0, 0.05) is 13.6 Å². The quantitative estimate of drug-likeness (QED) is 0.581. The Balaban J connectivity index is 3.06. The highest BCUT2D eigenvalue weighted by molar-refractivity contribution is 5.95. The number of hydrogen-bond donors (Lipinski definition) is 1. The van der Waals surface area contributed by atoms with Gasteiger partial charge in [0.15, 0.2) is 5.96 Å². The van der Waals surface area contributed by atoms with Gasteiger partial charge in [0.25, 0.3) is 0 Å². The first-order valence-corrected chi connectivity index (χ1v) is 4.73. The first-order valence-electron chi connectivity index (χ1n) is 4.73. The van der Waals surface area contributed by atoms with E-state index in [0.717, 1.165) is 5.69 Å². The van der Waals surface area contributed by atoms with Crippen molar-refractivity contribution in [2.24, 2.45) is 10.7 Å². The van der Waals surface area contributed by atoms with Crippen LogP contribution in [0.3, 0.4) is 0 Å². The molecule has 0 spiro atoms. The van der Waals surface area contributed by atoms with E-state index in [1.807, 2.05) is 25.1 Å². The molecule has 1 rings (SSSR count). The molecule has 1 aromatic rings. The summed E-state index contributed by atoms with van der Waals surface area (Å²) in [7, 11) is 1.80. The molecule has 0 aliphatic rings. The van der Waals surface area contributed by atoms with Crippen molar-refractivity contribution in [2.45, 2.75) is 6.92 Å². The van der Waals surface area contributed by atoms with E-state index in [0.29, 0.717) is 18.1 Å². The fourth-order valence-electron chi connectivity index (χ4n) is 1.25. The maximum absolute atomic E-state index is 8.92. The number of nitrogens with two attached hydrogens (primary N) is 1. The van der Waals surface area contributed by atoms with Crippen molar-refractivity contribution in [2.75, 3.05) is 18.5 Å². The maximum atomic E-state index is 8.92. The van der Waals surface area contributed by atoms with E-state index >= 15 is 0 Å². The predicted molar refractivity (Wildman–Crippen MR) is 61.7 cm³/mol. The van der Waals surface area contributed by atoms with Gasteiger partial charge < -0.3 is 10.6 Å². The van der Waals surface area contributed by atoms with Crippen molar-refractivity contribution in [1.82, 2.24) is 0 Å². The number of hydrogen-bond acceptors (Lipinski definition) is 2. The van der Waals surface area contributed by atoms with Gasteiger partial charge in [0.2, 0.25) is 0 Å². The van der Waals surface area contributed by atoms with Crippen LogP contribution in [0.5, 0.6) is 0 Å². The minimum Gasteiger partial charge on any atom is -0.370 e. The summed E-state index contributed by atoms with van der Waals surface area (Å²) < 4.78 is 0. The van der Waals surface area contributed by atoms with E-state index in [1.165, 1.54) is 0 Å². The molecular formula is C11H14N4. The molecule has 0 atom stereocenters. The molecule has 15 heavy (non-hydrogen) atoms. The Hall–Kier alpha value is -2.02. The van der Waals surface area contributed by atoms with Gasteiger partial charge in [-0.05, 0) is 19.1 Å². The maximum Gasteiger partial charge on any atom is 0.195 e. The number of guanidine groups is 1. The smallest absolute Gasteiger partial charge is 0.195 e. The largest absolute Gasteiger partial charge is 0.370 e. The van der Waals surface area contributed by atoms with Crippen LogP contribution in [0.4, 0.5) is 5.69 Å². The first kappa shape index (κ1) is 11.1. The van der Waals surface area contributed by atoms with Crippen molar-refractivity contribution in [3.63, 3.8) is 0 Å². The van der Waals surface area contributed by atoms with E-state index in [4.69, 9.17) is 11.0 Å². The molecule has 4 heteroatoms. The van der Waals surface area contributed by atoms with Crippen LogP contribution < -0.4 is 10.6 Å². The third kappa shape index (κ3) is 2.47. The predicted octanol–water partition coefficient (Wildman–Crippen LogP) is 1.33. The van der Waals surface area contributed by atoms with Crippen LogP contribution in [0.1, 0.15) is 12.5 Å². The molecule has 0 fully saturated rings. The fourth-order valence-corrected chi connectivity index (χ4v) is 1.25. The SMILES string of the molecule is CCN=C(N)N(C)c1ccccc1C#N. The van der Waals surface area contributed by atoms with Gasteiger partial charge in [0.05, 0.1) is 11.3 Å². The molecule has 2 N–H and O–H groups in total. The molecule has 0 radical (unpaired) electrons. The van der Waals surface area contributed by atoms with Crippen molar-refractivity contribution in [3.05, 3.63) is 29.8 Å². The van der Waals surface area contributed by atoms with E-state index in [9.17, 15) is 0 Å². The normalized spacial score (nSPS) is 10.9. The molecule has 0 heterocycles. The number of benzene rings is 1. The van der Waals surface area contributed by atoms with Crippen LogP contribution in [-0.4, -0.2) is 19.6 Å². The van der Waals surface area contributed by atoms with Crippen LogP contribution in [0, 0.1) is 11.3 Å². The Labute approximate surface area is 89.6 Å². The van der Waals surface area contributed by atoms with Gasteiger partial charge in [0.1, 0.15) is 6.07 Å². The number of para-hydroxylation sites is 1. The summed E-state index contributed by atoms with van der Waals surface area (Å²) in [6.45, 7) is 2.54. The third-order valence-corrected chi connectivity index (χ3v) is 2.05. The van der Waals surface area contributed by atoms with Gasteiger partial charge in [-0.2, -0.15) is 5.26 Å². The Kier molecular flexibility index (Phi) is 3.69. The highest BCUT2D eigenvalue weighted by Crippen LogP contribution is 2.17. The van der Waals surface area contributed by atoms with Crippen LogP contribution in [0.15, 0.2) is 29.3 Å². The van der Waals surface area contributed by atoms with Crippen LogP contribution in [0.25, 0.3) is 0 Å². The second-order valence-electron chi connectivity index (χ2n) is 3.02. The molecule has 0 bridgehead atoms. The van der Waals surface area contributed by atoms with E-state index in [1.54, 1.807) is 18.0 Å². The first-order chi connectivity index (χ1) is 7.20. The molecule has 0 aliphatic heterocycles. The Morgan fingerprint density at radius 1 is 1.53 bits per heavy atom. The molecule has 0 saturated heterocycles. The van der Waals surface area contributed by atoms with Crippen LogP contribution in [0.2, 0.25) is 0 Å². The molecule has 0 amide bonds. The highest BCUT2D eigenvalue weighted by atomic mass is 15.2. The molecule has 0 saturated carbocycles. The number of nitrogens with zero attached hydrogens (tertiary/aromatic N) is 3. The lowest BCUT2D eigenvalue weighted by Gasteiger charge is -2.18.